The summed E-state index contributed by atoms with van der Waals surface area (Å²) in [6, 6.07) is 9.81. The summed E-state index contributed by atoms with van der Waals surface area (Å²) in [5.74, 6) is 7.02. The van der Waals surface area contributed by atoms with E-state index in [-0.39, 0.29) is 23.6 Å². The summed E-state index contributed by atoms with van der Waals surface area (Å²) in [5.41, 5.74) is 1.07. The van der Waals surface area contributed by atoms with Gasteiger partial charge in [0.05, 0.1) is 11.8 Å². The smallest absolute Gasteiger partial charge is 0.230 e. The van der Waals surface area contributed by atoms with Crippen molar-refractivity contribution in [3.05, 3.63) is 41.7 Å². The molecule has 0 unspecified atom stereocenters. The molecular weight excluding hydrogens is 298 g/mol. The molecule has 0 fully saturated rings. The topological polar surface area (TPSA) is 85.8 Å². The first-order chi connectivity index (χ1) is 10.5. The lowest BCUT2D eigenvalue weighted by Gasteiger charge is -2.14. The number of hydrogen-bond donors (Lipinski definition) is 2. The van der Waals surface area contributed by atoms with Gasteiger partial charge in [-0.05, 0) is 12.5 Å². The highest BCUT2D eigenvalue weighted by Gasteiger charge is 2.15. The molecule has 0 aliphatic heterocycles. The van der Waals surface area contributed by atoms with Gasteiger partial charge in [0.15, 0.2) is 5.82 Å². The van der Waals surface area contributed by atoms with Gasteiger partial charge in [-0.15, -0.1) is 10.2 Å². The Hall–Kier alpha value is -2.02. The van der Waals surface area contributed by atoms with E-state index in [1.807, 2.05) is 51.1 Å². The third-order valence-electron chi connectivity index (χ3n) is 3.22. The Balaban J connectivity index is 1.88. The predicted octanol–water partition coefficient (Wildman–Crippen LogP) is 2.08. The first-order valence-electron chi connectivity index (χ1n) is 7.16. The molecule has 7 heteroatoms. The molecule has 1 heterocycles. The first kappa shape index (κ1) is 16.4. The normalized spacial score (nSPS) is 12.4. The molecule has 0 saturated heterocycles. The summed E-state index contributed by atoms with van der Waals surface area (Å²) >= 11 is 1.28. The fourth-order valence-corrected chi connectivity index (χ4v) is 2.69. The van der Waals surface area contributed by atoms with Crippen LogP contribution in [0.4, 0.5) is 0 Å². The zero-order chi connectivity index (χ0) is 16.1. The summed E-state index contributed by atoms with van der Waals surface area (Å²) in [4.78, 5) is 12.0. The Labute approximate surface area is 134 Å². The van der Waals surface area contributed by atoms with Gasteiger partial charge in [0, 0.05) is 5.92 Å². The summed E-state index contributed by atoms with van der Waals surface area (Å²) in [7, 11) is 0. The van der Waals surface area contributed by atoms with Gasteiger partial charge in [-0.25, -0.2) is 4.68 Å². The second kappa shape index (κ2) is 7.31. The lowest BCUT2D eigenvalue weighted by molar-refractivity contribution is -0.119. The fraction of sp³-hybridized carbons (Fsp3) is 0.400. The van der Waals surface area contributed by atoms with Crippen molar-refractivity contribution in [2.24, 2.45) is 0 Å². The lowest BCUT2D eigenvalue weighted by atomic mass is 10.1. The van der Waals surface area contributed by atoms with E-state index in [9.17, 15) is 4.79 Å². The van der Waals surface area contributed by atoms with E-state index in [1.54, 1.807) is 0 Å². The average Bonchev–Trinajstić information content (AvgIpc) is 2.87. The number of nitrogens with one attached hydrogen (secondary N) is 1. The Morgan fingerprint density at radius 1 is 1.27 bits per heavy atom. The SMILES string of the molecule is CC(C)c1nnc(SCC(=O)N[C@H](C)c2ccccc2)n1N. The molecule has 0 aliphatic carbocycles. The summed E-state index contributed by atoms with van der Waals surface area (Å²) in [6.07, 6.45) is 0. The Morgan fingerprint density at radius 2 is 1.95 bits per heavy atom. The first-order valence-corrected chi connectivity index (χ1v) is 8.15. The second-order valence-corrected chi connectivity index (χ2v) is 6.30. The molecule has 1 amide bonds. The molecule has 2 rings (SSSR count). The number of carbonyl (C=O) groups excluding carboxylic acids is 1. The largest absolute Gasteiger partial charge is 0.349 e. The van der Waals surface area contributed by atoms with Crippen molar-refractivity contribution in [2.45, 2.75) is 37.9 Å². The molecule has 1 aromatic carbocycles. The highest BCUT2D eigenvalue weighted by Crippen LogP contribution is 2.19. The molecule has 1 aromatic heterocycles. The van der Waals surface area contributed by atoms with Crippen LogP contribution in [0.25, 0.3) is 0 Å². The highest BCUT2D eigenvalue weighted by molar-refractivity contribution is 7.99. The minimum atomic E-state index is -0.0598. The lowest BCUT2D eigenvalue weighted by Crippen LogP contribution is -2.28. The number of benzene rings is 1. The number of nitrogens with zero attached hydrogens (tertiary/aromatic N) is 3. The van der Waals surface area contributed by atoms with Crippen LogP contribution in [0, 0.1) is 0 Å². The van der Waals surface area contributed by atoms with E-state index in [1.165, 1.54) is 16.4 Å². The van der Waals surface area contributed by atoms with E-state index in [0.717, 1.165) is 5.56 Å². The molecule has 0 bridgehead atoms. The van der Waals surface area contributed by atoms with Crippen molar-refractivity contribution in [1.29, 1.82) is 0 Å². The number of hydrogen-bond acceptors (Lipinski definition) is 5. The number of nitrogens with two attached hydrogens (primary N) is 1. The second-order valence-electron chi connectivity index (χ2n) is 5.35. The van der Waals surface area contributed by atoms with Crippen molar-refractivity contribution in [2.75, 3.05) is 11.6 Å². The highest BCUT2D eigenvalue weighted by atomic mass is 32.2. The standard InChI is InChI=1S/C15H21N5OS/c1-10(2)14-18-19-15(20(14)16)22-9-13(21)17-11(3)12-7-5-4-6-8-12/h4-8,10-11H,9,16H2,1-3H3,(H,17,21)/t11-/m1/s1. The van der Waals surface area contributed by atoms with Crippen LogP contribution in [0.1, 0.15) is 44.1 Å². The van der Waals surface area contributed by atoms with Crippen LogP contribution in [0.2, 0.25) is 0 Å². The van der Waals surface area contributed by atoms with Gasteiger partial charge in [0.2, 0.25) is 11.1 Å². The minimum Gasteiger partial charge on any atom is -0.349 e. The van der Waals surface area contributed by atoms with Gasteiger partial charge in [-0.1, -0.05) is 55.9 Å². The molecule has 118 valence electrons. The van der Waals surface area contributed by atoms with E-state index in [4.69, 9.17) is 5.84 Å². The van der Waals surface area contributed by atoms with Crippen LogP contribution in [-0.4, -0.2) is 26.5 Å². The van der Waals surface area contributed by atoms with Crippen molar-refractivity contribution in [3.63, 3.8) is 0 Å². The number of aromatic nitrogens is 3. The summed E-state index contributed by atoms with van der Waals surface area (Å²) < 4.78 is 1.45. The molecule has 1 atom stereocenters. The average molecular weight is 319 g/mol. The van der Waals surface area contributed by atoms with Crippen LogP contribution >= 0.6 is 11.8 Å². The fourth-order valence-electron chi connectivity index (χ4n) is 2.02. The van der Waals surface area contributed by atoms with Crippen LogP contribution < -0.4 is 11.2 Å². The third-order valence-corrected chi connectivity index (χ3v) is 4.16. The van der Waals surface area contributed by atoms with Crippen LogP contribution in [-0.2, 0) is 4.79 Å². The van der Waals surface area contributed by atoms with Crippen LogP contribution in [0.5, 0.6) is 0 Å². The molecule has 22 heavy (non-hydrogen) atoms. The van der Waals surface area contributed by atoms with Crippen LogP contribution in [0.3, 0.4) is 0 Å². The minimum absolute atomic E-state index is 0.0312. The molecule has 0 aliphatic rings. The summed E-state index contributed by atoms with van der Waals surface area (Å²) in [6.45, 7) is 5.95. The predicted molar refractivity (Wildman–Crippen MR) is 88.0 cm³/mol. The van der Waals surface area contributed by atoms with Gasteiger partial charge in [-0.3, -0.25) is 4.79 Å². The van der Waals surface area contributed by atoms with Crippen molar-refractivity contribution >= 4 is 17.7 Å². The third kappa shape index (κ3) is 4.00. The van der Waals surface area contributed by atoms with Crippen molar-refractivity contribution in [3.8, 4) is 0 Å². The van der Waals surface area contributed by atoms with E-state index in [2.05, 4.69) is 15.5 Å². The van der Waals surface area contributed by atoms with E-state index >= 15 is 0 Å². The maximum absolute atomic E-state index is 12.0. The van der Waals surface area contributed by atoms with E-state index in [0.29, 0.717) is 11.0 Å². The zero-order valence-electron chi connectivity index (χ0n) is 13.0. The Kier molecular flexibility index (Phi) is 5.43. The van der Waals surface area contributed by atoms with Gasteiger partial charge in [0.25, 0.3) is 0 Å². The molecule has 6 nitrogen and oxygen atoms in total. The quantitative estimate of drug-likeness (QED) is 0.629. The number of thioether (sulfide) groups is 1. The van der Waals surface area contributed by atoms with Crippen LogP contribution in [0.15, 0.2) is 35.5 Å². The molecule has 2 aromatic rings. The molecular formula is C15H21N5OS. The Morgan fingerprint density at radius 3 is 2.55 bits per heavy atom. The van der Waals surface area contributed by atoms with E-state index < -0.39 is 0 Å². The zero-order valence-corrected chi connectivity index (χ0v) is 13.8. The van der Waals surface area contributed by atoms with Gasteiger partial charge >= 0.3 is 0 Å². The van der Waals surface area contributed by atoms with Gasteiger partial charge in [-0.2, -0.15) is 0 Å². The molecule has 0 saturated carbocycles. The maximum atomic E-state index is 12.0. The number of carbonyl (C=O) groups is 1. The maximum Gasteiger partial charge on any atom is 0.230 e. The summed E-state index contributed by atoms with van der Waals surface area (Å²) in [5, 5.41) is 11.6. The van der Waals surface area contributed by atoms with Gasteiger partial charge in [0.1, 0.15) is 0 Å². The molecule has 0 spiro atoms. The monoisotopic (exact) mass is 319 g/mol. The molecule has 3 N–H and O–H groups in total. The number of nitrogen functional groups attached to an aromatic ring is 1. The molecule has 0 radical (unpaired) electrons. The Bertz CT molecular complexity index is 626. The number of amides is 1. The van der Waals surface area contributed by atoms with Crippen molar-refractivity contribution in [1.82, 2.24) is 20.2 Å². The van der Waals surface area contributed by atoms with Gasteiger partial charge < -0.3 is 11.2 Å². The number of rotatable bonds is 6. The van der Waals surface area contributed by atoms with Crippen molar-refractivity contribution < 1.29 is 4.79 Å².